The van der Waals surface area contributed by atoms with Gasteiger partial charge in [0.15, 0.2) is 5.01 Å². The van der Waals surface area contributed by atoms with Gasteiger partial charge in [-0.3, -0.25) is 0 Å². The highest BCUT2D eigenvalue weighted by molar-refractivity contribution is 7.23. The van der Waals surface area contributed by atoms with Crippen LogP contribution in [0.25, 0.3) is 9.88 Å². The summed E-state index contributed by atoms with van der Waals surface area (Å²) in [4.78, 5) is 2.76. The second-order valence-corrected chi connectivity index (χ2v) is 5.86. The minimum Gasteiger partial charge on any atom is -0.374 e. The number of nitrogens with two attached hydrogens (primary N) is 1. The zero-order valence-corrected chi connectivity index (χ0v) is 9.83. The fraction of sp³-hybridized carbons (Fsp3) is 0.400. The van der Waals surface area contributed by atoms with Crippen molar-refractivity contribution in [1.82, 2.24) is 10.2 Å². The largest absolute Gasteiger partial charge is 0.374 e. The molecule has 2 aromatic rings. The van der Waals surface area contributed by atoms with E-state index in [1.165, 1.54) is 52.3 Å². The third kappa shape index (κ3) is 1.66. The molecule has 15 heavy (non-hydrogen) atoms. The second kappa shape index (κ2) is 3.57. The van der Waals surface area contributed by atoms with Gasteiger partial charge in [-0.1, -0.05) is 11.3 Å². The Morgan fingerprint density at radius 3 is 2.73 bits per heavy atom. The van der Waals surface area contributed by atoms with Crippen molar-refractivity contribution >= 4 is 27.8 Å². The van der Waals surface area contributed by atoms with E-state index in [0.717, 1.165) is 5.01 Å². The molecule has 2 N–H and O–H groups in total. The summed E-state index contributed by atoms with van der Waals surface area (Å²) >= 11 is 3.32. The molecular weight excluding hydrogens is 226 g/mol. The van der Waals surface area contributed by atoms with Crippen molar-refractivity contribution in [3.05, 3.63) is 16.5 Å². The van der Waals surface area contributed by atoms with E-state index >= 15 is 0 Å². The fourth-order valence-corrected chi connectivity index (χ4v) is 3.83. The topological polar surface area (TPSA) is 51.8 Å². The van der Waals surface area contributed by atoms with E-state index < -0.39 is 0 Å². The zero-order chi connectivity index (χ0) is 10.3. The molecule has 78 valence electrons. The normalized spacial score (nSPS) is 15.2. The lowest BCUT2D eigenvalue weighted by molar-refractivity contribution is 0.697. The first kappa shape index (κ1) is 9.30. The zero-order valence-electron chi connectivity index (χ0n) is 8.19. The van der Waals surface area contributed by atoms with Gasteiger partial charge in [0.1, 0.15) is 0 Å². The first-order chi connectivity index (χ1) is 7.33. The molecule has 0 spiro atoms. The number of aryl methyl sites for hydroxylation is 2. The molecule has 2 aromatic heterocycles. The molecule has 1 aliphatic rings. The van der Waals surface area contributed by atoms with Crippen LogP contribution in [0.3, 0.4) is 0 Å². The van der Waals surface area contributed by atoms with Crippen molar-refractivity contribution in [1.29, 1.82) is 0 Å². The Bertz CT molecular complexity index is 463. The SMILES string of the molecule is Nc1nnc(-c2cc3c(s2)CCCC3)s1. The van der Waals surface area contributed by atoms with Gasteiger partial charge in [-0.15, -0.1) is 21.5 Å². The van der Waals surface area contributed by atoms with Gasteiger partial charge in [0.25, 0.3) is 0 Å². The quantitative estimate of drug-likeness (QED) is 0.829. The molecule has 0 atom stereocenters. The van der Waals surface area contributed by atoms with Gasteiger partial charge < -0.3 is 5.73 Å². The highest BCUT2D eigenvalue weighted by Crippen LogP contribution is 2.37. The number of nitrogens with zero attached hydrogens (tertiary/aromatic N) is 2. The van der Waals surface area contributed by atoms with Crippen molar-refractivity contribution in [2.45, 2.75) is 25.7 Å². The lowest BCUT2D eigenvalue weighted by Gasteiger charge is -2.08. The number of thiophene rings is 1. The van der Waals surface area contributed by atoms with Crippen molar-refractivity contribution in [3.63, 3.8) is 0 Å². The summed E-state index contributed by atoms with van der Waals surface area (Å²) in [5.41, 5.74) is 7.10. The first-order valence-corrected chi connectivity index (χ1v) is 6.67. The molecule has 0 unspecified atom stereocenters. The van der Waals surface area contributed by atoms with Gasteiger partial charge in [-0.2, -0.15) is 0 Å². The van der Waals surface area contributed by atoms with Crippen LogP contribution < -0.4 is 5.73 Å². The molecule has 0 saturated heterocycles. The van der Waals surface area contributed by atoms with Crippen LogP contribution in [-0.2, 0) is 12.8 Å². The van der Waals surface area contributed by atoms with Crippen LogP contribution in [-0.4, -0.2) is 10.2 Å². The summed E-state index contributed by atoms with van der Waals surface area (Å²) in [5, 5.41) is 9.45. The number of hydrogen-bond donors (Lipinski definition) is 1. The van der Waals surface area contributed by atoms with Crippen molar-refractivity contribution < 1.29 is 0 Å². The van der Waals surface area contributed by atoms with E-state index in [1.807, 2.05) is 11.3 Å². The number of fused-ring (bicyclic) bond motifs is 1. The summed E-state index contributed by atoms with van der Waals surface area (Å²) < 4.78 is 0. The smallest absolute Gasteiger partial charge is 0.203 e. The standard InChI is InChI=1S/C10H11N3S2/c11-10-13-12-9(15-10)8-5-6-3-1-2-4-7(6)14-8/h5H,1-4H2,(H2,11,13). The van der Waals surface area contributed by atoms with E-state index in [1.54, 1.807) is 0 Å². The molecule has 0 amide bonds. The van der Waals surface area contributed by atoms with Gasteiger partial charge in [0, 0.05) is 4.88 Å². The fourth-order valence-electron chi connectivity index (χ4n) is 1.93. The van der Waals surface area contributed by atoms with Crippen LogP contribution in [0.15, 0.2) is 6.07 Å². The second-order valence-electron chi connectivity index (χ2n) is 3.71. The maximum absolute atomic E-state index is 5.59. The maximum atomic E-state index is 5.59. The Balaban J connectivity index is 2.02. The Hall–Kier alpha value is -0.940. The molecule has 0 fully saturated rings. The molecule has 2 heterocycles. The summed E-state index contributed by atoms with van der Waals surface area (Å²) in [6.07, 6.45) is 5.10. The Morgan fingerprint density at radius 2 is 2.00 bits per heavy atom. The van der Waals surface area contributed by atoms with Crippen molar-refractivity contribution in [3.8, 4) is 9.88 Å². The molecule has 0 aliphatic heterocycles. The first-order valence-electron chi connectivity index (χ1n) is 5.04. The summed E-state index contributed by atoms with van der Waals surface area (Å²) in [7, 11) is 0. The lowest BCUT2D eigenvalue weighted by Crippen LogP contribution is -1.96. The highest BCUT2D eigenvalue weighted by atomic mass is 32.1. The molecule has 0 saturated carbocycles. The average molecular weight is 237 g/mol. The van der Waals surface area contributed by atoms with Gasteiger partial charge in [0.2, 0.25) is 5.13 Å². The predicted molar refractivity (Wildman–Crippen MR) is 64.3 cm³/mol. The summed E-state index contributed by atoms with van der Waals surface area (Å²) in [6.45, 7) is 0. The van der Waals surface area contributed by atoms with E-state index in [9.17, 15) is 0 Å². The average Bonchev–Trinajstić information content (AvgIpc) is 2.82. The van der Waals surface area contributed by atoms with Crippen LogP contribution in [0.1, 0.15) is 23.3 Å². The van der Waals surface area contributed by atoms with E-state index in [-0.39, 0.29) is 0 Å². The van der Waals surface area contributed by atoms with Crippen LogP contribution in [0.2, 0.25) is 0 Å². The molecule has 1 aliphatic carbocycles. The highest BCUT2D eigenvalue weighted by Gasteiger charge is 2.15. The number of aromatic nitrogens is 2. The van der Waals surface area contributed by atoms with Crippen LogP contribution in [0.4, 0.5) is 5.13 Å². The van der Waals surface area contributed by atoms with Crippen LogP contribution in [0, 0.1) is 0 Å². The third-order valence-electron chi connectivity index (χ3n) is 2.65. The minimum atomic E-state index is 0.552. The Morgan fingerprint density at radius 1 is 1.13 bits per heavy atom. The maximum Gasteiger partial charge on any atom is 0.203 e. The van der Waals surface area contributed by atoms with Gasteiger partial charge >= 0.3 is 0 Å². The number of nitrogen functional groups attached to an aromatic ring is 1. The third-order valence-corrected chi connectivity index (χ3v) is 4.81. The van der Waals surface area contributed by atoms with E-state index in [0.29, 0.717) is 5.13 Å². The molecule has 3 rings (SSSR count). The Kier molecular flexibility index (Phi) is 2.21. The summed E-state index contributed by atoms with van der Waals surface area (Å²) in [5.74, 6) is 0. The molecule has 3 nitrogen and oxygen atoms in total. The van der Waals surface area contributed by atoms with Gasteiger partial charge in [-0.05, 0) is 37.3 Å². The Labute approximate surface area is 96.0 Å². The van der Waals surface area contributed by atoms with Crippen LogP contribution >= 0.6 is 22.7 Å². The predicted octanol–water partition coefficient (Wildman–Crippen LogP) is 2.73. The molecular formula is C10H11N3S2. The minimum absolute atomic E-state index is 0.552. The molecule has 0 bridgehead atoms. The lowest BCUT2D eigenvalue weighted by atomic mass is 9.99. The monoisotopic (exact) mass is 237 g/mol. The van der Waals surface area contributed by atoms with E-state index in [4.69, 9.17) is 5.73 Å². The molecule has 0 radical (unpaired) electrons. The molecule has 0 aromatic carbocycles. The van der Waals surface area contributed by atoms with E-state index in [2.05, 4.69) is 16.3 Å². The number of hydrogen-bond acceptors (Lipinski definition) is 5. The van der Waals surface area contributed by atoms with Gasteiger partial charge in [-0.25, -0.2) is 0 Å². The van der Waals surface area contributed by atoms with Crippen molar-refractivity contribution in [2.75, 3.05) is 5.73 Å². The van der Waals surface area contributed by atoms with Gasteiger partial charge in [0.05, 0.1) is 4.88 Å². The number of rotatable bonds is 1. The number of anilines is 1. The summed E-state index contributed by atoms with van der Waals surface area (Å²) in [6, 6.07) is 2.26. The molecule has 5 heteroatoms. The van der Waals surface area contributed by atoms with Crippen molar-refractivity contribution in [2.24, 2.45) is 0 Å². The van der Waals surface area contributed by atoms with Crippen LogP contribution in [0.5, 0.6) is 0 Å².